The van der Waals surface area contributed by atoms with E-state index >= 15 is 0 Å². The SMILES string of the molecule is CCCN(CCC)C(=O)c1cccc(C(=O)NC(CP(=O)(O)CCCCC(=O)Nc2ccccc2C)c2ccccc2)c1. The van der Waals surface area contributed by atoms with Crippen LogP contribution in [0, 0.1) is 6.92 Å². The van der Waals surface area contributed by atoms with Gasteiger partial charge in [0.1, 0.15) is 0 Å². The summed E-state index contributed by atoms with van der Waals surface area (Å²) in [7, 11) is -3.66. The van der Waals surface area contributed by atoms with E-state index < -0.39 is 19.3 Å². The Bertz CT molecular complexity index is 1410. The number of unbranched alkanes of at least 4 members (excludes halogenated alkanes) is 1. The molecule has 0 saturated heterocycles. The second-order valence-electron chi connectivity index (χ2n) is 10.9. The molecule has 8 nitrogen and oxygen atoms in total. The van der Waals surface area contributed by atoms with Crippen LogP contribution in [0.15, 0.2) is 78.9 Å². The summed E-state index contributed by atoms with van der Waals surface area (Å²) < 4.78 is 13.3. The molecule has 0 saturated carbocycles. The number of anilines is 1. The molecule has 0 spiro atoms. The molecule has 2 unspecified atom stereocenters. The first kappa shape index (κ1) is 33.8. The highest BCUT2D eigenvalue weighted by molar-refractivity contribution is 7.58. The molecule has 0 aliphatic carbocycles. The Kier molecular flexibility index (Phi) is 13.2. The van der Waals surface area contributed by atoms with E-state index in [9.17, 15) is 23.8 Å². The third kappa shape index (κ3) is 10.8. The second-order valence-corrected chi connectivity index (χ2v) is 13.4. The van der Waals surface area contributed by atoms with Crippen molar-refractivity contribution in [3.8, 4) is 0 Å². The number of nitrogens with one attached hydrogen (secondary N) is 2. The smallest absolute Gasteiger partial charge is 0.253 e. The van der Waals surface area contributed by atoms with Crippen molar-refractivity contribution in [2.45, 2.75) is 58.9 Å². The number of nitrogens with zero attached hydrogens (tertiary/aromatic N) is 1. The highest BCUT2D eigenvalue weighted by atomic mass is 31.2. The number of benzene rings is 3. The fourth-order valence-electron chi connectivity index (χ4n) is 4.94. The van der Waals surface area contributed by atoms with Gasteiger partial charge in [0.2, 0.25) is 13.3 Å². The zero-order valence-corrected chi connectivity index (χ0v) is 26.3. The number of aryl methyl sites for hydroxylation is 1. The van der Waals surface area contributed by atoms with E-state index in [0.717, 1.165) is 24.1 Å². The predicted molar refractivity (Wildman–Crippen MR) is 173 cm³/mol. The van der Waals surface area contributed by atoms with E-state index in [-0.39, 0.29) is 30.6 Å². The fourth-order valence-corrected chi connectivity index (χ4v) is 6.71. The average molecular weight is 606 g/mol. The lowest BCUT2D eigenvalue weighted by atomic mass is 10.1. The fraction of sp³-hybridized carbons (Fsp3) is 0.382. The molecule has 3 aromatic carbocycles. The Morgan fingerprint density at radius 3 is 2.19 bits per heavy atom. The monoisotopic (exact) mass is 605 g/mol. The topological polar surface area (TPSA) is 116 Å². The third-order valence-corrected chi connectivity index (χ3v) is 9.15. The summed E-state index contributed by atoms with van der Waals surface area (Å²) in [6, 6.07) is 22.5. The molecule has 3 amide bonds. The molecule has 0 fully saturated rings. The van der Waals surface area contributed by atoms with Gasteiger partial charge in [0, 0.05) is 48.6 Å². The van der Waals surface area contributed by atoms with Crippen molar-refractivity contribution in [3.63, 3.8) is 0 Å². The Balaban J connectivity index is 1.63. The Morgan fingerprint density at radius 1 is 0.860 bits per heavy atom. The van der Waals surface area contributed by atoms with Gasteiger partial charge in [0.15, 0.2) is 0 Å². The van der Waals surface area contributed by atoms with Gasteiger partial charge >= 0.3 is 0 Å². The van der Waals surface area contributed by atoms with Crippen LogP contribution in [-0.4, -0.2) is 52.9 Å². The van der Waals surface area contributed by atoms with Crippen LogP contribution >= 0.6 is 7.37 Å². The van der Waals surface area contributed by atoms with Crippen LogP contribution in [0.4, 0.5) is 5.69 Å². The number of rotatable bonds is 16. The minimum absolute atomic E-state index is 0.0402. The van der Waals surface area contributed by atoms with Crippen molar-refractivity contribution < 1.29 is 23.8 Å². The van der Waals surface area contributed by atoms with Gasteiger partial charge in [-0.2, -0.15) is 0 Å². The van der Waals surface area contributed by atoms with E-state index in [4.69, 9.17) is 0 Å². The van der Waals surface area contributed by atoms with Gasteiger partial charge in [0.05, 0.1) is 6.04 Å². The molecular weight excluding hydrogens is 561 g/mol. The first-order valence-corrected chi connectivity index (χ1v) is 17.1. The lowest BCUT2D eigenvalue weighted by Gasteiger charge is -2.23. The number of amides is 3. The average Bonchev–Trinajstić information content (AvgIpc) is 3.00. The highest BCUT2D eigenvalue weighted by Crippen LogP contribution is 2.45. The first-order chi connectivity index (χ1) is 20.6. The third-order valence-electron chi connectivity index (χ3n) is 7.20. The van der Waals surface area contributed by atoms with Crippen molar-refractivity contribution >= 4 is 30.8 Å². The van der Waals surface area contributed by atoms with Crippen LogP contribution in [-0.2, 0) is 9.36 Å². The summed E-state index contributed by atoms with van der Waals surface area (Å²) in [5.41, 5.74) is 3.19. The van der Waals surface area contributed by atoms with Gasteiger partial charge < -0.3 is 20.4 Å². The molecule has 0 aliphatic rings. The van der Waals surface area contributed by atoms with Gasteiger partial charge in [-0.15, -0.1) is 0 Å². The molecule has 2 atom stereocenters. The molecule has 0 radical (unpaired) electrons. The Labute approximate surface area is 255 Å². The molecule has 0 aliphatic heterocycles. The molecule has 230 valence electrons. The minimum atomic E-state index is -3.66. The molecule has 3 aromatic rings. The maximum absolute atomic E-state index is 13.4. The van der Waals surface area contributed by atoms with Crippen LogP contribution in [0.25, 0.3) is 0 Å². The Hall–Kier alpha value is -3.74. The number of carbonyl (C=O) groups excluding carboxylic acids is 3. The van der Waals surface area contributed by atoms with Gasteiger partial charge in [-0.05, 0) is 68.0 Å². The second kappa shape index (κ2) is 16.8. The van der Waals surface area contributed by atoms with E-state index in [1.807, 2.05) is 75.4 Å². The van der Waals surface area contributed by atoms with Crippen LogP contribution in [0.3, 0.4) is 0 Å². The van der Waals surface area contributed by atoms with Crippen molar-refractivity contribution in [1.29, 1.82) is 0 Å². The van der Waals surface area contributed by atoms with E-state index in [1.54, 1.807) is 29.2 Å². The maximum Gasteiger partial charge on any atom is 0.253 e. The van der Waals surface area contributed by atoms with E-state index in [0.29, 0.717) is 42.6 Å². The van der Waals surface area contributed by atoms with Gasteiger partial charge in [0.25, 0.3) is 11.8 Å². The van der Waals surface area contributed by atoms with Crippen molar-refractivity contribution in [2.24, 2.45) is 0 Å². The summed E-state index contributed by atoms with van der Waals surface area (Å²) in [6.07, 6.45) is 2.70. The van der Waals surface area contributed by atoms with Crippen LogP contribution in [0.2, 0.25) is 0 Å². The first-order valence-electron chi connectivity index (χ1n) is 15.0. The van der Waals surface area contributed by atoms with Gasteiger partial charge in [-0.25, -0.2) is 0 Å². The molecule has 3 rings (SSSR count). The summed E-state index contributed by atoms with van der Waals surface area (Å²) in [5, 5.41) is 5.82. The number of hydrogen-bond acceptors (Lipinski definition) is 4. The summed E-state index contributed by atoms with van der Waals surface area (Å²) in [5.74, 6) is -0.677. The lowest BCUT2D eigenvalue weighted by molar-refractivity contribution is -0.116. The van der Waals surface area contributed by atoms with Crippen LogP contribution in [0.1, 0.15) is 83.8 Å². The zero-order valence-electron chi connectivity index (χ0n) is 25.4. The summed E-state index contributed by atoms with van der Waals surface area (Å²) in [6.45, 7) is 7.24. The molecule has 3 N–H and O–H groups in total. The number of hydrogen-bond donors (Lipinski definition) is 3. The quantitative estimate of drug-likeness (QED) is 0.123. The molecule has 9 heteroatoms. The maximum atomic E-state index is 13.4. The molecular formula is C34H44N3O5P. The van der Waals surface area contributed by atoms with Crippen molar-refractivity contribution in [3.05, 3.63) is 101 Å². The largest absolute Gasteiger partial charge is 0.345 e. The molecule has 0 bridgehead atoms. The molecule has 43 heavy (non-hydrogen) atoms. The van der Waals surface area contributed by atoms with Crippen molar-refractivity contribution in [1.82, 2.24) is 10.2 Å². The predicted octanol–water partition coefficient (Wildman–Crippen LogP) is 6.81. The van der Waals surface area contributed by atoms with Gasteiger partial charge in [-0.3, -0.25) is 18.9 Å². The lowest BCUT2D eigenvalue weighted by Crippen LogP contribution is -2.33. The van der Waals surface area contributed by atoms with E-state index in [2.05, 4.69) is 10.6 Å². The Morgan fingerprint density at radius 2 is 1.51 bits per heavy atom. The highest BCUT2D eigenvalue weighted by Gasteiger charge is 2.27. The van der Waals surface area contributed by atoms with Crippen LogP contribution < -0.4 is 10.6 Å². The molecule has 0 aromatic heterocycles. The number of carbonyl (C=O) groups is 3. The zero-order chi connectivity index (χ0) is 31.2. The summed E-state index contributed by atoms with van der Waals surface area (Å²) in [4.78, 5) is 51.5. The van der Waals surface area contributed by atoms with Crippen LogP contribution in [0.5, 0.6) is 0 Å². The van der Waals surface area contributed by atoms with E-state index in [1.165, 1.54) is 0 Å². The minimum Gasteiger partial charge on any atom is -0.345 e. The normalized spacial score (nSPS) is 13.0. The number of para-hydroxylation sites is 1. The summed E-state index contributed by atoms with van der Waals surface area (Å²) >= 11 is 0. The standard InChI is InChI=1S/C34H44N3O5P/c1-4-21-37(22-5-2)34(40)29-18-13-17-28(24-29)33(39)36-31(27-15-7-6-8-16-27)25-43(41,42)23-12-11-20-32(38)35-30-19-10-9-14-26(30)3/h6-10,13-19,24,31H,4-5,11-12,20-23,25H2,1-3H3,(H,35,38)(H,36,39)(H,41,42). The molecule has 0 heterocycles. The van der Waals surface area contributed by atoms with Crippen molar-refractivity contribution in [2.75, 3.05) is 30.7 Å². The van der Waals surface area contributed by atoms with Gasteiger partial charge in [-0.1, -0.05) is 68.4 Å².